The first-order valence-electron chi connectivity index (χ1n) is 4.54. The summed E-state index contributed by atoms with van der Waals surface area (Å²) >= 11 is 1.31. The summed E-state index contributed by atoms with van der Waals surface area (Å²) in [7, 11) is -3.25. The molecule has 6 heteroatoms. The lowest BCUT2D eigenvalue weighted by Crippen LogP contribution is -2.08. The molecule has 1 aromatic heterocycles. The summed E-state index contributed by atoms with van der Waals surface area (Å²) in [6.45, 7) is 0. The first-order valence-corrected chi connectivity index (χ1v) is 7.24. The first-order chi connectivity index (χ1) is 7.54. The Morgan fingerprint density at radius 3 is 2.56 bits per heavy atom. The SMILES string of the molecule is CS(=O)(=O)Nc1ncc(-c2ccccc2)s1. The number of aromatic nitrogens is 1. The Morgan fingerprint density at radius 2 is 1.94 bits per heavy atom. The normalized spacial score (nSPS) is 11.3. The van der Waals surface area contributed by atoms with E-state index in [2.05, 4.69) is 9.71 Å². The zero-order valence-electron chi connectivity index (χ0n) is 8.54. The van der Waals surface area contributed by atoms with Crippen LogP contribution in [0.2, 0.25) is 0 Å². The molecule has 1 aromatic carbocycles. The molecule has 0 aliphatic heterocycles. The summed E-state index contributed by atoms with van der Waals surface area (Å²) in [6.07, 6.45) is 2.77. The molecular formula is C10H10N2O2S2. The number of benzene rings is 1. The minimum atomic E-state index is -3.25. The molecule has 0 bridgehead atoms. The molecule has 4 nitrogen and oxygen atoms in total. The van der Waals surface area contributed by atoms with Crippen LogP contribution in [0.5, 0.6) is 0 Å². The van der Waals surface area contributed by atoms with Crippen molar-refractivity contribution in [1.82, 2.24) is 4.98 Å². The van der Waals surface area contributed by atoms with Gasteiger partial charge in [-0.3, -0.25) is 4.72 Å². The second-order valence-electron chi connectivity index (χ2n) is 3.27. The molecule has 0 aliphatic carbocycles. The van der Waals surface area contributed by atoms with Crippen molar-refractivity contribution < 1.29 is 8.42 Å². The summed E-state index contributed by atoms with van der Waals surface area (Å²) < 4.78 is 24.4. The summed E-state index contributed by atoms with van der Waals surface area (Å²) in [4.78, 5) is 4.94. The molecule has 0 saturated carbocycles. The van der Waals surface area contributed by atoms with E-state index in [9.17, 15) is 8.42 Å². The highest BCUT2D eigenvalue weighted by atomic mass is 32.2. The van der Waals surface area contributed by atoms with Gasteiger partial charge in [0.1, 0.15) is 0 Å². The third-order valence-electron chi connectivity index (χ3n) is 1.84. The van der Waals surface area contributed by atoms with E-state index in [4.69, 9.17) is 0 Å². The van der Waals surface area contributed by atoms with Crippen LogP contribution in [0.3, 0.4) is 0 Å². The van der Waals surface area contributed by atoms with Crippen LogP contribution in [0.15, 0.2) is 36.5 Å². The van der Waals surface area contributed by atoms with Crippen LogP contribution in [0.25, 0.3) is 10.4 Å². The number of hydrogen-bond acceptors (Lipinski definition) is 4. The molecule has 0 spiro atoms. The number of sulfonamides is 1. The van der Waals surface area contributed by atoms with E-state index in [0.717, 1.165) is 16.7 Å². The van der Waals surface area contributed by atoms with Crippen molar-refractivity contribution in [2.75, 3.05) is 11.0 Å². The molecule has 1 heterocycles. The highest BCUT2D eigenvalue weighted by molar-refractivity contribution is 7.92. The molecule has 2 aromatic rings. The molecule has 16 heavy (non-hydrogen) atoms. The zero-order valence-corrected chi connectivity index (χ0v) is 10.2. The number of hydrogen-bond donors (Lipinski definition) is 1. The maximum Gasteiger partial charge on any atom is 0.231 e. The van der Waals surface area contributed by atoms with Gasteiger partial charge in [-0.15, -0.1) is 0 Å². The summed E-state index contributed by atoms with van der Waals surface area (Å²) in [6, 6.07) is 9.70. The van der Waals surface area contributed by atoms with E-state index in [1.807, 2.05) is 30.3 Å². The van der Waals surface area contributed by atoms with E-state index in [1.54, 1.807) is 6.20 Å². The molecular weight excluding hydrogens is 244 g/mol. The van der Waals surface area contributed by atoms with Gasteiger partial charge in [-0.05, 0) is 5.56 Å². The van der Waals surface area contributed by atoms with E-state index in [1.165, 1.54) is 11.3 Å². The van der Waals surface area contributed by atoms with Crippen LogP contribution in [0.4, 0.5) is 5.13 Å². The van der Waals surface area contributed by atoms with Gasteiger partial charge in [0.05, 0.1) is 11.1 Å². The van der Waals surface area contributed by atoms with Crippen molar-refractivity contribution >= 4 is 26.5 Å². The lowest BCUT2D eigenvalue weighted by Gasteiger charge is -1.96. The van der Waals surface area contributed by atoms with Gasteiger partial charge in [-0.1, -0.05) is 41.7 Å². The number of thiazole rings is 1. The molecule has 0 unspecified atom stereocenters. The highest BCUT2D eigenvalue weighted by Crippen LogP contribution is 2.28. The molecule has 0 amide bonds. The van der Waals surface area contributed by atoms with Gasteiger partial charge in [0.2, 0.25) is 10.0 Å². The van der Waals surface area contributed by atoms with Crippen LogP contribution in [0, 0.1) is 0 Å². The van der Waals surface area contributed by atoms with E-state index < -0.39 is 10.0 Å². The molecule has 1 N–H and O–H groups in total. The molecule has 0 fully saturated rings. The number of rotatable bonds is 3. The summed E-state index contributed by atoms with van der Waals surface area (Å²) in [5, 5.41) is 0.390. The van der Waals surface area contributed by atoms with Crippen molar-refractivity contribution in [3.63, 3.8) is 0 Å². The molecule has 2 rings (SSSR count). The third-order valence-corrected chi connectivity index (χ3v) is 3.49. The van der Waals surface area contributed by atoms with Gasteiger partial charge in [0.25, 0.3) is 0 Å². The smallest absolute Gasteiger partial charge is 0.231 e. The second kappa shape index (κ2) is 4.23. The Balaban J connectivity index is 2.27. The summed E-state index contributed by atoms with van der Waals surface area (Å²) in [5.41, 5.74) is 1.03. The Morgan fingerprint density at radius 1 is 1.25 bits per heavy atom. The van der Waals surface area contributed by atoms with E-state index in [0.29, 0.717) is 5.13 Å². The van der Waals surface area contributed by atoms with Crippen LogP contribution in [-0.4, -0.2) is 19.7 Å². The monoisotopic (exact) mass is 254 g/mol. The Hall–Kier alpha value is -1.40. The van der Waals surface area contributed by atoms with E-state index >= 15 is 0 Å². The van der Waals surface area contributed by atoms with Crippen molar-refractivity contribution in [2.45, 2.75) is 0 Å². The van der Waals surface area contributed by atoms with Gasteiger partial charge >= 0.3 is 0 Å². The average molecular weight is 254 g/mol. The van der Waals surface area contributed by atoms with Crippen LogP contribution >= 0.6 is 11.3 Å². The fraction of sp³-hybridized carbons (Fsp3) is 0.100. The van der Waals surface area contributed by atoms with Crippen LogP contribution in [0.1, 0.15) is 0 Å². The predicted octanol–water partition coefficient (Wildman–Crippen LogP) is 2.18. The van der Waals surface area contributed by atoms with Gasteiger partial charge in [0, 0.05) is 6.20 Å². The quantitative estimate of drug-likeness (QED) is 0.913. The lowest BCUT2D eigenvalue weighted by atomic mass is 10.2. The number of nitrogens with zero attached hydrogens (tertiary/aromatic N) is 1. The largest absolute Gasteiger partial charge is 0.259 e. The topological polar surface area (TPSA) is 59.1 Å². The standard InChI is InChI=1S/C10H10N2O2S2/c1-16(13,14)12-10-11-7-9(15-10)8-5-3-2-4-6-8/h2-7H,1H3,(H,11,12). The Labute approximate surface area is 98.0 Å². The zero-order chi connectivity index (χ0) is 11.6. The van der Waals surface area contributed by atoms with Crippen molar-refractivity contribution in [2.24, 2.45) is 0 Å². The van der Waals surface area contributed by atoms with Crippen LogP contribution in [-0.2, 0) is 10.0 Å². The Bertz CT molecular complexity index is 576. The molecule has 0 radical (unpaired) electrons. The van der Waals surface area contributed by atoms with Gasteiger partial charge in [-0.25, -0.2) is 13.4 Å². The number of anilines is 1. The minimum Gasteiger partial charge on any atom is -0.259 e. The van der Waals surface area contributed by atoms with Crippen LogP contribution < -0.4 is 4.72 Å². The minimum absolute atomic E-state index is 0.390. The van der Waals surface area contributed by atoms with Crippen molar-refractivity contribution in [3.05, 3.63) is 36.5 Å². The molecule has 0 aliphatic rings. The fourth-order valence-corrected chi connectivity index (χ4v) is 2.88. The lowest BCUT2D eigenvalue weighted by molar-refractivity contribution is 0.607. The third kappa shape index (κ3) is 2.80. The second-order valence-corrected chi connectivity index (χ2v) is 6.05. The maximum atomic E-state index is 11.0. The fourth-order valence-electron chi connectivity index (χ4n) is 1.22. The molecule has 0 saturated heterocycles. The van der Waals surface area contributed by atoms with Gasteiger partial charge in [0.15, 0.2) is 5.13 Å². The molecule has 0 atom stereocenters. The van der Waals surface area contributed by atoms with E-state index in [-0.39, 0.29) is 0 Å². The molecule has 84 valence electrons. The Kier molecular flexibility index (Phi) is 2.93. The summed E-state index contributed by atoms with van der Waals surface area (Å²) in [5.74, 6) is 0. The highest BCUT2D eigenvalue weighted by Gasteiger charge is 2.07. The number of nitrogens with one attached hydrogen (secondary N) is 1. The first kappa shape index (κ1) is 11.1. The maximum absolute atomic E-state index is 11.0. The van der Waals surface area contributed by atoms with Gasteiger partial charge < -0.3 is 0 Å². The predicted molar refractivity (Wildman–Crippen MR) is 66.0 cm³/mol. The van der Waals surface area contributed by atoms with Crippen molar-refractivity contribution in [1.29, 1.82) is 0 Å². The average Bonchev–Trinajstić information content (AvgIpc) is 2.65. The van der Waals surface area contributed by atoms with Gasteiger partial charge in [-0.2, -0.15) is 0 Å². The van der Waals surface area contributed by atoms with Crippen molar-refractivity contribution in [3.8, 4) is 10.4 Å².